The summed E-state index contributed by atoms with van der Waals surface area (Å²) in [4.78, 5) is 26.8. The lowest BCUT2D eigenvalue weighted by Crippen LogP contribution is -2.32. The third-order valence-electron chi connectivity index (χ3n) is 3.12. The van der Waals surface area contributed by atoms with Crippen LogP contribution in [-0.4, -0.2) is 33.8 Å². The average Bonchev–Trinajstić information content (AvgIpc) is 3.02. The standard InChI is InChI=1S/C16H18N2O3S2/c1-11(22-9-12-5-3-2-4-6-12)15(19)17-8-7-14-18-13(10-23-14)16(20)21/h2-6,10-11H,7-9H2,1H3,(H,17,19)(H,20,21). The second-order valence-corrected chi connectivity index (χ2v) is 7.18. The van der Waals surface area contributed by atoms with Crippen molar-refractivity contribution >= 4 is 35.0 Å². The summed E-state index contributed by atoms with van der Waals surface area (Å²) in [6.07, 6.45) is 0.541. The van der Waals surface area contributed by atoms with Gasteiger partial charge in [-0.15, -0.1) is 23.1 Å². The van der Waals surface area contributed by atoms with Crippen LogP contribution in [0.5, 0.6) is 0 Å². The number of amides is 1. The molecule has 2 N–H and O–H groups in total. The van der Waals surface area contributed by atoms with Crippen LogP contribution in [0, 0.1) is 0 Å². The number of rotatable bonds is 8. The third kappa shape index (κ3) is 5.69. The predicted octanol–water partition coefficient (Wildman–Crippen LogP) is 2.82. The number of hydrogen-bond donors (Lipinski definition) is 2. The van der Waals surface area contributed by atoms with E-state index in [1.54, 1.807) is 11.8 Å². The first-order valence-electron chi connectivity index (χ1n) is 7.17. The summed E-state index contributed by atoms with van der Waals surface area (Å²) in [6.45, 7) is 2.34. The minimum Gasteiger partial charge on any atom is -0.476 e. The third-order valence-corrected chi connectivity index (χ3v) is 5.24. The topological polar surface area (TPSA) is 79.3 Å². The van der Waals surface area contributed by atoms with Crippen molar-refractivity contribution < 1.29 is 14.7 Å². The van der Waals surface area contributed by atoms with Gasteiger partial charge in [0.2, 0.25) is 5.91 Å². The van der Waals surface area contributed by atoms with Crippen LogP contribution in [0.2, 0.25) is 0 Å². The van der Waals surface area contributed by atoms with Crippen molar-refractivity contribution in [2.45, 2.75) is 24.3 Å². The van der Waals surface area contributed by atoms with Crippen LogP contribution in [0.15, 0.2) is 35.7 Å². The molecule has 5 nitrogen and oxygen atoms in total. The number of benzene rings is 1. The van der Waals surface area contributed by atoms with E-state index < -0.39 is 5.97 Å². The quantitative estimate of drug-likeness (QED) is 0.765. The molecule has 7 heteroatoms. The fourth-order valence-corrected chi connectivity index (χ4v) is 3.47. The van der Waals surface area contributed by atoms with E-state index in [4.69, 9.17) is 5.11 Å². The van der Waals surface area contributed by atoms with Crippen molar-refractivity contribution in [1.29, 1.82) is 0 Å². The zero-order chi connectivity index (χ0) is 16.7. The molecule has 2 rings (SSSR count). The Kier molecular flexibility index (Phi) is 6.61. The van der Waals surface area contributed by atoms with Crippen LogP contribution >= 0.6 is 23.1 Å². The van der Waals surface area contributed by atoms with Crippen LogP contribution in [0.3, 0.4) is 0 Å². The second-order valence-electron chi connectivity index (χ2n) is 4.91. The average molecular weight is 350 g/mol. The fourth-order valence-electron chi connectivity index (χ4n) is 1.83. The summed E-state index contributed by atoms with van der Waals surface area (Å²) in [7, 11) is 0. The van der Waals surface area contributed by atoms with Gasteiger partial charge in [-0.05, 0) is 12.5 Å². The first kappa shape index (κ1) is 17.5. The van der Waals surface area contributed by atoms with E-state index in [1.807, 2.05) is 37.3 Å². The molecular formula is C16H18N2O3S2. The van der Waals surface area contributed by atoms with Gasteiger partial charge in [-0.25, -0.2) is 9.78 Å². The van der Waals surface area contributed by atoms with Gasteiger partial charge >= 0.3 is 5.97 Å². The van der Waals surface area contributed by atoms with Gasteiger partial charge in [0, 0.05) is 24.1 Å². The van der Waals surface area contributed by atoms with Gasteiger partial charge in [-0.2, -0.15) is 0 Å². The van der Waals surface area contributed by atoms with Crippen molar-refractivity contribution in [2.24, 2.45) is 0 Å². The molecule has 0 saturated heterocycles. The summed E-state index contributed by atoms with van der Waals surface area (Å²) in [5, 5.41) is 13.8. The highest BCUT2D eigenvalue weighted by Gasteiger charge is 2.13. The molecule has 1 unspecified atom stereocenters. The van der Waals surface area contributed by atoms with Gasteiger partial charge < -0.3 is 10.4 Å². The summed E-state index contributed by atoms with van der Waals surface area (Å²) in [6, 6.07) is 10.0. The molecule has 122 valence electrons. The van der Waals surface area contributed by atoms with Crippen LogP contribution in [0.25, 0.3) is 0 Å². The van der Waals surface area contributed by atoms with Gasteiger partial charge in [0.25, 0.3) is 0 Å². The molecule has 0 aliphatic rings. The number of aromatic carboxylic acids is 1. The minimum atomic E-state index is -1.03. The molecule has 1 atom stereocenters. The Balaban J connectivity index is 1.70. The van der Waals surface area contributed by atoms with Gasteiger partial charge in [0.1, 0.15) is 0 Å². The zero-order valence-corrected chi connectivity index (χ0v) is 14.3. The van der Waals surface area contributed by atoms with Crippen LogP contribution in [0.4, 0.5) is 0 Å². The normalized spacial score (nSPS) is 11.9. The Bertz CT molecular complexity index is 658. The van der Waals surface area contributed by atoms with E-state index in [9.17, 15) is 9.59 Å². The maximum atomic E-state index is 12.0. The van der Waals surface area contributed by atoms with Crippen LogP contribution in [-0.2, 0) is 17.0 Å². The Morgan fingerprint density at radius 1 is 1.35 bits per heavy atom. The minimum absolute atomic E-state index is 0.0130. The number of thioether (sulfide) groups is 1. The van der Waals surface area contributed by atoms with E-state index in [0.29, 0.717) is 18.0 Å². The lowest BCUT2D eigenvalue weighted by Gasteiger charge is -2.11. The van der Waals surface area contributed by atoms with Crippen molar-refractivity contribution in [3.05, 3.63) is 52.0 Å². The van der Waals surface area contributed by atoms with Gasteiger partial charge in [-0.3, -0.25) is 4.79 Å². The smallest absolute Gasteiger partial charge is 0.355 e. The Hall–Kier alpha value is -1.86. The Morgan fingerprint density at radius 3 is 2.74 bits per heavy atom. The molecule has 23 heavy (non-hydrogen) atoms. The van der Waals surface area contributed by atoms with E-state index in [0.717, 1.165) is 5.75 Å². The number of thiazole rings is 1. The van der Waals surface area contributed by atoms with Gasteiger partial charge in [0.15, 0.2) is 5.69 Å². The monoisotopic (exact) mass is 350 g/mol. The molecule has 0 saturated carbocycles. The highest BCUT2D eigenvalue weighted by atomic mass is 32.2. The van der Waals surface area contributed by atoms with Crippen molar-refractivity contribution in [2.75, 3.05) is 6.54 Å². The molecule has 2 aromatic rings. The molecule has 0 aliphatic carbocycles. The molecule has 0 aliphatic heterocycles. The van der Waals surface area contributed by atoms with Crippen molar-refractivity contribution in [1.82, 2.24) is 10.3 Å². The number of aromatic nitrogens is 1. The van der Waals surface area contributed by atoms with Gasteiger partial charge in [-0.1, -0.05) is 30.3 Å². The number of hydrogen-bond acceptors (Lipinski definition) is 5. The maximum absolute atomic E-state index is 12.0. The molecule has 1 amide bonds. The predicted molar refractivity (Wildman–Crippen MR) is 93.0 cm³/mol. The lowest BCUT2D eigenvalue weighted by atomic mass is 10.2. The second kappa shape index (κ2) is 8.69. The number of carbonyl (C=O) groups excluding carboxylic acids is 1. The molecule has 0 radical (unpaired) electrons. The SMILES string of the molecule is CC(SCc1ccccc1)C(=O)NCCc1nc(C(=O)O)cs1. The Labute approximate surface area is 143 Å². The highest BCUT2D eigenvalue weighted by molar-refractivity contribution is 7.99. The molecule has 1 aromatic carbocycles. The van der Waals surface area contributed by atoms with Crippen LogP contribution < -0.4 is 5.32 Å². The van der Waals surface area contributed by atoms with E-state index in [2.05, 4.69) is 10.3 Å². The van der Waals surface area contributed by atoms with Crippen molar-refractivity contribution in [3.63, 3.8) is 0 Å². The van der Waals surface area contributed by atoms with Gasteiger partial charge in [0.05, 0.1) is 10.3 Å². The molecule has 1 heterocycles. The number of carboxylic acid groups (broad SMARTS) is 1. The highest BCUT2D eigenvalue weighted by Crippen LogP contribution is 2.17. The lowest BCUT2D eigenvalue weighted by molar-refractivity contribution is -0.120. The molecule has 0 bridgehead atoms. The Morgan fingerprint density at radius 2 is 2.09 bits per heavy atom. The number of carbonyl (C=O) groups is 2. The summed E-state index contributed by atoms with van der Waals surface area (Å²) in [5.41, 5.74) is 1.25. The summed E-state index contributed by atoms with van der Waals surface area (Å²) < 4.78 is 0. The molecule has 0 spiro atoms. The summed E-state index contributed by atoms with van der Waals surface area (Å²) >= 11 is 2.89. The largest absolute Gasteiger partial charge is 0.476 e. The molecular weight excluding hydrogens is 332 g/mol. The zero-order valence-electron chi connectivity index (χ0n) is 12.7. The van der Waals surface area contributed by atoms with Crippen LogP contribution in [0.1, 0.15) is 28.0 Å². The molecule has 1 aromatic heterocycles. The van der Waals surface area contributed by atoms with E-state index in [1.165, 1.54) is 22.3 Å². The number of carboxylic acids is 1. The first-order chi connectivity index (χ1) is 11.1. The maximum Gasteiger partial charge on any atom is 0.355 e. The number of nitrogens with zero attached hydrogens (tertiary/aromatic N) is 1. The van der Waals surface area contributed by atoms with Crippen molar-refractivity contribution in [3.8, 4) is 0 Å². The fraction of sp³-hybridized carbons (Fsp3) is 0.312. The van der Waals surface area contributed by atoms with E-state index in [-0.39, 0.29) is 16.9 Å². The number of nitrogens with one attached hydrogen (secondary N) is 1. The summed E-state index contributed by atoms with van der Waals surface area (Å²) in [5.74, 6) is -0.243. The first-order valence-corrected chi connectivity index (χ1v) is 9.10. The molecule has 0 fully saturated rings. The van der Waals surface area contributed by atoms with E-state index >= 15 is 0 Å².